The number of amides is 1. The highest BCUT2D eigenvalue weighted by atomic mass is 16.6. The summed E-state index contributed by atoms with van der Waals surface area (Å²) < 4.78 is 5.20. The molecule has 0 spiro atoms. The molecule has 36 heavy (non-hydrogen) atoms. The number of ketones is 1. The molecule has 0 aliphatic carbocycles. The number of fused-ring (bicyclic) bond motifs is 1. The number of H-pyrrole nitrogens is 1. The van der Waals surface area contributed by atoms with Gasteiger partial charge in [-0.1, -0.05) is 42.5 Å². The van der Waals surface area contributed by atoms with E-state index in [0.29, 0.717) is 11.3 Å². The maximum atomic E-state index is 13.3. The number of hydrogen-bond acceptors (Lipinski definition) is 6. The number of benzene rings is 3. The van der Waals surface area contributed by atoms with Crippen LogP contribution in [0.3, 0.4) is 0 Å². The van der Waals surface area contributed by atoms with E-state index in [4.69, 9.17) is 4.74 Å². The summed E-state index contributed by atoms with van der Waals surface area (Å²) in [6.45, 7) is 0.102. The van der Waals surface area contributed by atoms with Gasteiger partial charge in [-0.25, -0.2) is 0 Å². The molecule has 1 fully saturated rings. The summed E-state index contributed by atoms with van der Waals surface area (Å²) in [5.74, 6) is -1.44. The second kappa shape index (κ2) is 9.03. The van der Waals surface area contributed by atoms with E-state index in [2.05, 4.69) is 4.98 Å². The zero-order valence-electron chi connectivity index (χ0n) is 19.2. The largest absolute Gasteiger partial charge is 0.507 e. The van der Waals surface area contributed by atoms with Gasteiger partial charge >= 0.3 is 0 Å². The number of methoxy groups -OCH3 is 1. The average Bonchev–Trinajstić information content (AvgIpc) is 3.43. The fourth-order valence-electron chi connectivity index (χ4n) is 4.54. The minimum atomic E-state index is -0.914. The standard InChI is InChI=1S/C27H21N3O6/c1-36-19-11-9-16(10-12-19)15-29-24(21-14-28-22-8-3-2-7-20(21)22)23(26(32)27(29)33)25(31)17-5-4-6-18(13-17)30(34)35/h2-14,24,28,31H,15H2,1H3/b25-23+. The Balaban J connectivity index is 1.68. The highest BCUT2D eigenvalue weighted by Gasteiger charge is 2.47. The number of aliphatic hydroxyl groups is 1. The van der Waals surface area contributed by atoms with Gasteiger partial charge in [-0.15, -0.1) is 0 Å². The summed E-state index contributed by atoms with van der Waals surface area (Å²) in [4.78, 5) is 41.8. The number of likely N-dealkylation sites (tertiary alicyclic amines) is 1. The molecule has 4 aromatic rings. The fourth-order valence-corrected chi connectivity index (χ4v) is 4.54. The van der Waals surface area contributed by atoms with Crippen molar-refractivity contribution < 1.29 is 24.4 Å². The number of aromatic amines is 1. The van der Waals surface area contributed by atoms with Crippen LogP contribution in [0.4, 0.5) is 5.69 Å². The van der Waals surface area contributed by atoms with E-state index in [1.165, 1.54) is 29.2 Å². The second-order valence-electron chi connectivity index (χ2n) is 8.37. The molecule has 1 aliphatic heterocycles. The van der Waals surface area contributed by atoms with Gasteiger partial charge in [0.2, 0.25) is 0 Å². The number of non-ortho nitro benzene ring substituents is 1. The van der Waals surface area contributed by atoms with Crippen molar-refractivity contribution >= 4 is 34.0 Å². The summed E-state index contributed by atoms with van der Waals surface area (Å²) in [5.41, 5.74) is 1.91. The average molecular weight is 483 g/mol. The number of aliphatic hydroxyl groups excluding tert-OH is 1. The lowest BCUT2D eigenvalue weighted by Gasteiger charge is -2.25. The highest BCUT2D eigenvalue weighted by molar-refractivity contribution is 6.46. The number of carbonyl (C=O) groups excluding carboxylic acids is 2. The number of nitro benzene ring substituents is 1. The lowest BCUT2D eigenvalue weighted by atomic mass is 9.94. The SMILES string of the molecule is COc1ccc(CN2C(=O)C(=O)/C(=C(/O)c3cccc([N+](=O)[O-])c3)C2c2c[nH]c3ccccc23)cc1. The number of aromatic nitrogens is 1. The van der Waals surface area contributed by atoms with Crippen LogP contribution in [-0.2, 0) is 16.1 Å². The summed E-state index contributed by atoms with van der Waals surface area (Å²) in [6.07, 6.45) is 1.71. The molecule has 180 valence electrons. The van der Waals surface area contributed by atoms with E-state index in [1.807, 2.05) is 24.3 Å². The first-order chi connectivity index (χ1) is 17.4. The molecule has 0 bridgehead atoms. The second-order valence-corrected chi connectivity index (χ2v) is 8.37. The molecule has 1 aromatic heterocycles. The molecule has 3 aromatic carbocycles. The molecule has 2 N–H and O–H groups in total. The highest BCUT2D eigenvalue weighted by Crippen LogP contribution is 2.43. The Labute approximate surface area is 205 Å². The molecule has 9 nitrogen and oxygen atoms in total. The molecule has 1 unspecified atom stereocenters. The number of hydrogen-bond donors (Lipinski definition) is 2. The van der Waals surface area contributed by atoms with Crippen LogP contribution in [0.15, 0.2) is 84.6 Å². The first-order valence-electron chi connectivity index (χ1n) is 11.1. The molecule has 9 heteroatoms. The Morgan fingerprint density at radius 2 is 1.83 bits per heavy atom. The van der Waals surface area contributed by atoms with Gasteiger partial charge in [0.05, 0.1) is 23.6 Å². The predicted octanol–water partition coefficient (Wildman–Crippen LogP) is 4.71. The van der Waals surface area contributed by atoms with Crippen LogP contribution in [0.25, 0.3) is 16.7 Å². The maximum Gasteiger partial charge on any atom is 0.295 e. The third-order valence-corrected chi connectivity index (χ3v) is 6.30. The maximum absolute atomic E-state index is 13.3. The lowest BCUT2D eigenvalue weighted by Crippen LogP contribution is -2.29. The summed E-state index contributed by atoms with van der Waals surface area (Å²) in [7, 11) is 1.55. The Morgan fingerprint density at radius 3 is 2.56 bits per heavy atom. The van der Waals surface area contributed by atoms with Crippen molar-refractivity contribution in [1.29, 1.82) is 0 Å². The Morgan fingerprint density at radius 1 is 1.08 bits per heavy atom. The number of rotatable bonds is 6. The van der Waals surface area contributed by atoms with Crippen LogP contribution in [-0.4, -0.2) is 38.7 Å². The molecular weight excluding hydrogens is 462 g/mol. The van der Waals surface area contributed by atoms with Crippen molar-refractivity contribution in [1.82, 2.24) is 9.88 Å². The molecule has 0 radical (unpaired) electrons. The van der Waals surface area contributed by atoms with Crippen molar-refractivity contribution in [2.45, 2.75) is 12.6 Å². The number of nitrogens with one attached hydrogen (secondary N) is 1. The minimum Gasteiger partial charge on any atom is -0.507 e. The molecule has 1 amide bonds. The third kappa shape index (κ3) is 3.86. The van der Waals surface area contributed by atoms with Crippen LogP contribution in [0.5, 0.6) is 5.75 Å². The van der Waals surface area contributed by atoms with Crippen molar-refractivity contribution in [3.63, 3.8) is 0 Å². The van der Waals surface area contributed by atoms with E-state index in [-0.39, 0.29) is 23.4 Å². The zero-order valence-corrected chi connectivity index (χ0v) is 19.2. The first kappa shape index (κ1) is 22.9. The van der Waals surface area contributed by atoms with Gasteiger partial charge in [-0.2, -0.15) is 0 Å². The number of nitrogens with zero attached hydrogens (tertiary/aromatic N) is 2. The molecule has 1 aliphatic rings. The molecule has 0 saturated carbocycles. The quantitative estimate of drug-likeness (QED) is 0.135. The van der Waals surface area contributed by atoms with E-state index >= 15 is 0 Å². The normalized spacial score (nSPS) is 17.0. The number of ether oxygens (including phenoxy) is 1. The predicted molar refractivity (Wildman–Crippen MR) is 132 cm³/mol. The number of carbonyl (C=O) groups is 2. The van der Waals surface area contributed by atoms with Crippen LogP contribution < -0.4 is 4.74 Å². The summed E-state index contributed by atoms with van der Waals surface area (Å²) >= 11 is 0. The summed E-state index contributed by atoms with van der Waals surface area (Å²) in [5, 5.41) is 23.3. The van der Waals surface area contributed by atoms with Gasteiger partial charge < -0.3 is 19.7 Å². The fraction of sp³-hybridized carbons (Fsp3) is 0.111. The number of Topliss-reactive ketones (excluding diaryl/α,β-unsaturated/α-hetero) is 1. The van der Waals surface area contributed by atoms with E-state index < -0.39 is 28.4 Å². The smallest absolute Gasteiger partial charge is 0.295 e. The molecule has 5 rings (SSSR count). The molecular formula is C27H21N3O6. The van der Waals surface area contributed by atoms with Crippen molar-refractivity contribution in [2.24, 2.45) is 0 Å². The topological polar surface area (TPSA) is 126 Å². The van der Waals surface area contributed by atoms with E-state index in [1.54, 1.807) is 37.6 Å². The van der Waals surface area contributed by atoms with Gasteiger partial charge in [-0.05, 0) is 23.8 Å². The van der Waals surface area contributed by atoms with Gasteiger partial charge in [0.25, 0.3) is 17.4 Å². The molecule has 1 saturated heterocycles. The minimum absolute atomic E-state index is 0.0801. The molecule has 1 atom stereocenters. The van der Waals surface area contributed by atoms with E-state index in [9.17, 15) is 24.8 Å². The molecule has 2 heterocycles. The number of nitro groups is 1. The zero-order chi connectivity index (χ0) is 25.4. The number of para-hydroxylation sites is 1. The van der Waals surface area contributed by atoms with Gasteiger partial charge in [-0.3, -0.25) is 19.7 Å². The van der Waals surface area contributed by atoms with Gasteiger partial charge in [0, 0.05) is 46.9 Å². The lowest BCUT2D eigenvalue weighted by molar-refractivity contribution is -0.384. The monoisotopic (exact) mass is 483 g/mol. The first-order valence-corrected chi connectivity index (χ1v) is 11.1. The van der Waals surface area contributed by atoms with Crippen LogP contribution in [0.2, 0.25) is 0 Å². The van der Waals surface area contributed by atoms with Gasteiger partial charge in [0.1, 0.15) is 11.5 Å². The van der Waals surface area contributed by atoms with Gasteiger partial charge in [0.15, 0.2) is 0 Å². The Hall–Kier alpha value is -4.92. The van der Waals surface area contributed by atoms with Crippen LogP contribution >= 0.6 is 0 Å². The van der Waals surface area contributed by atoms with Crippen molar-refractivity contribution in [3.8, 4) is 5.75 Å². The van der Waals surface area contributed by atoms with Crippen molar-refractivity contribution in [3.05, 3.63) is 111 Å². The Kier molecular flexibility index (Phi) is 5.73. The van der Waals surface area contributed by atoms with Crippen molar-refractivity contribution in [2.75, 3.05) is 7.11 Å². The van der Waals surface area contributed by atoms with Crippen LogP contribution in [0.1, 0.15) is 22.7 Å². The Bertz CT molecular complexity index is 1540. The third-order valence-electron chi connectivity index (χ3n) is 6.30. The van der Waals surface area contributed by atoms with Crippen LogP contribution in [0, 0.1) is 10.1 Å². The van der Waals surface area contributed by atoms with E-state index in [0.717, 1.165) is 16.5 Å². The summed E-state index contributed by atoms with van der Waals surface area (Å²) in [6, 6.07) is 19.0.